The highest BCUT2D eigenvalue weighted by Crippen LogP contribution is 2.38. The number of ketones is 1. The van der Waals surface area contributed by atoms with E-state index in [1.807, 2.05) is 13.8 Å². The van der Waals surface area contributed by atoms with Crippen molar-refractivity contribution < 1.29 is 14.1 Å². The van der Waals surface area contributed by atoms with Crippen molar-refractivity contribution in [1.82, 2.24) is 10.1 Å². The molecule has 2 aromatic heterocycles. The summed E-state index contributed by atoms with van der Waals surface area (Å²) in [6.07, 6.45) is 1.25. The fraction of sp³-hybridized carbons (Fsp3) is 0.429. The minimum absolute atomic E-state index is 0.0819. The van der Waals surface area contributed by atoms with Crippen LogP contribution in [0.15, 0.2) is 10.6 Å². The second-order valence-electron chi connectivity index (χ2n) is 6.02. The Morgan fingerprint density at radius 2 is 2.19 bits per heavy atom. The topological polar surface area (TPSA) is 85.1 Å². The van der Waals surface area contributed by atoms with Crippen molar-refractivity contribution in [1.29, 1.82) is 0 Å². The molecule has 1 aliphatic rings. The minimum Gasteiger partial charge on any atom is -0.351 e. The zero-order valence-corrected chi connectivity index (χ0v) is 12.8. The van der Waals surface area contributed by atoms with E-state index in [1.54, 1.807) is 13.0 Å². The molecule has 21 heavy (non-hydrogen) atoms. The highest BCUT2D eigenvalue weighted by Gasteiger charge is 2.34. The summed E-state index contributed by atoms with van der Waals surface area (Å²) in [5.41, 5.74) is 1.32. The second-order valence-corrected chi connectivity index (χ2v) is 7.02. The van der Waals surface area contributed by atoms with E-state index in [2.05, 4.69) is 15.5 Å². The maximum atomic E-state index is 12.1. The molecule has 2 aromatic rings. The van der Waals surface area contributed by atoms with Crippen molar-refractivity contribution in [2.45, 2.75) is 33.6 Å². The van der Waals surface area contributed by atoms with Gasteiger partial charge in [-0.3, -0.25) is 14.9 Å². The van der Waals surface area contributed by atoms with Crippen LogP contribution in [0, 0.1) is 12.3 Å². The molecular formula is C14H15N3O3S. The van der Waals surface area contributed by atoms with E-state index in [9.17, 15) is 9.59 Å². The molecule has 0 spiro atoms. The Balaban J connectivity index is 1.82. The molecule has 0 unspecified atom stereocenters. The van der Waals surface area contributed by atoms with Crippen molar-refractivity contribution in [3.05, 3.63) is 28.1 Å². The molecular weight excluding hydrogens is 290 g/mol. The van der Waals surface area contributed by atoms with Gasteiger partial charge in [-0.25, -0.2) is 4.98 Å². The molecule has 110 valence electrons. The molecule has 1 amide bonds. The van der Waals surface area contributed by atoms with Gasteiger partial charge >= 0.3 is 0 Å². The van der Waals surface area contributed by atoms with Gasteiger partial charge in [0, 0.05) is 12.5 Å². The Bertz CT molecular complexity index is 730. The number of hydrogen-bond donors (Lipinski definition) is 1. The summed E-state index contributed by atoms with van der Waals surface area (Å²) in [4.78, 5) is 29.1. The van der Waals surface area contributed by atoms with Crippen LogP contribution in [-0.4, -0.2) is 21.8 Å². The largest absolute Gasteiger partial charge is 0.351 e. The number of anilines is 1. The minimum atomic E-state index is -0.409. The van der Waals surface area contributed by atoms with Crippen molar-refractivity contribution in [3.63, 3.8) is 0 Å². The van der Waals surface area contributed by atoms with Crippen molar-refractivity contribution >= 4 is 28.2 Å². The lowest BCUT2D eigenvalue weighted by molar-refractivity contribution is 0.0915. The first-order chi connectivity index (χ1) is 9.84. The molecule has 2 heterocycles. The van der Waals surface area contributed by atoms with Gasteiger partial charge in [0.15, 0.2) is 10.9 Å². The van der Waals surface area contributed by atoms with Crippen LogP contribution < -0.4 is 5.32 Å². The zero-order valence-electron chi connectivity index (χ0n) is 12.0. The third kappa shape index (κ3) is 2.73. The molecule has 6 nitrogen and oxygen atoms in total. The number of aromatic nitrogens is 2. The summed E-state index contributed by atoms with van der Waals surface area (Å²) < 4.78 is 4.90. The van der Waals surface area contributed by atoms with Crippen molar-refractivity contribution in [3.8, 4) is 0 Å². The van der Waals surface area contributed by atoms with Crippen LogP contribution in [0.1, 0.15) is 51.9 Å². The molecule has 0 aromatic carbocycles. The highest BCUT2D eigenvalue weighted by molar-refractivity contribution is 7.17. The van der Waals surface area contributed by atoms with Gasteiger partial charge in [0.25, 0.3) is 5.91 Å². The van der Waals surface area contributed by atoms with E-state index in [0.29, 0.717) is 22.1 Å². The zero-order chi connectivity index (χ0) is 15.2. The van der Waals surface area contributed by atoms with Gasteiger partial charge in [-0.2, -0.15) is 0 Å². The van der Waals surface area contributed by atoms with Gasteiger partial charge < -0.3 is 4.52 Å². The quantitative estimate of drug-likeness (QED) is 0.922. The van der Waals surface area contributed by atoms with Crippen LogP contribution in [0.4, 0.5) is 5.13 Å². The number of carbonyl (C=O) groups is 2. The summed E-state index contributed by atoms with van der Waals surface area (Å²) in [7, 11) is 0. The van der Waals surface area contributed by atoms with E-state index in [0.717, 1.165) is 12.1 Å². The number of nitrogens with zero attached hydrogens (tertiary/aromatic N) is 2. The molecule has 1 aliphatic carbocycles. The molecule has 0 bridgehead atoms. The average Bonchev–Trinajstić information content (AvgIpc) is 2.94. The summed E-state index contributed by atoms with van der Waals surface area (Å²) in [6, 6.07) is 1.55. The van der Waals surface area contributed by atoms with Gasteiger partial charge in [-0.1, -0.05) is 30.3 Å². The Kier molecular flexibility index (Phi) is 3.16. The van der Waals surface area contributed by atoms with E-state index in [1.165, 1.54) is 11.3 Å². The maximum Gasteiger partial charge on any atom is 0.296 e. The molecule has 0 aliphatic heterocycles. The summed E-state index contributed by atoms with van der Waals surface area (Å²) in [6.45, 7) is 5.83. The summed E-state index contributed by atoms with van der Waals surface area (Å²) in [5, 5.41) is 6.75. The van der Waals surface area contributed by atoms with Gasteiger partial charge in [0.05, 0.1) is 16.3 Å². The summed E-state index contributed by atoms with van der Waals surface area (Å²) in [5.74, 6) is -0.185. The smallest absolute Gasteiger partial charge is 0.296 e. The normalized spacial score (nSPS) is 16.6. The number of rotatable bonds is 2. The molecule has 0 atom stereocenters. The Morgan fingerprint density at radius 3 is 2.86 bits per heavy atom. The molecule has 0 fully saturated rings. The lowest BCUT2D eigenvalue weighted by Crippen LogP contribution is -2.26. The van der Waals surface area contributed by atoms with Crippen LogP contribution in [0.2, 0.25) is 0 Å². The molecule has 3 rings (SSSR count). The number of aryl methyl sites for hydroxylation is 1. The number of fused-ring (bicyclic) bond motifs is 1. The molecule has 1 N–H and O–H groups in total. The van der Waals surface area contributed by atoms with Gasteiger partial charge in [-0.05, 0) is 18.8 Å². The van der Waals surface area contributed by atoms with E-state index >= 15 is 0 Å². The molecule has 0 saturated carbocycles. The highest BCUT2D eigenvalue weighted by atomic mass is 32.1. The number of amides is 1. The number of nitrogens with one attached hydrogen (secondary N) is 1. The molecule has 7 heteroatoms. The van der Waals surface area contributed by atoms with Gasteiger partial charge in [0.1, 0.15) is 0 Å². The third-order valence-electron chi connectivity index (χ3n) is 3.31. The van der Waals surface area contributed by atoms with Crippen LogP contribution in [0.25, 0.3) is 0 Å². The van der Waals surface area contributed by atoms with E-state index in [-0.39, 0.29) is 17.0 Å². The van der Waals surface area contributed by atoms with Gasteiger partial charge in [-0.15, -0.1) is 0 Å². The summed E-state index contributed by atoms with van der Waals surface area (Å²) >= 11 is 1.22. The van der Waals surface area contributed by atoms with Gasteiger partial charge in [0.2, 0.25) is 5.76 Å². The van der Waals surface area contributed by atoms with Crippen molar-refractivity contribution in [2.75, 3.05) is 5.32 Å². The number of carbonyl (C=O) groups excluding carboxylic acids is 2. The Labute approximate surface area is 125 Å². The molecule has 0 saturated heterocycles. The predicted molar refractivity (Wildman–Crippen MR) is 77.7 cm³/mol. The van der Waals surface area contributed by atoms with E-state index in [4.69, 9.17) is 4.52 Å². The van der Waals surface area contributed by atoms with Crippen LogP contribution in [0.5, 0.6) is 0 Å². The fourth-order valence-corrected chi connectivity index (χ4v) is 3.32. The lowest BCUT2D eigenvalue weighted by atomic mass is 9.78. The Morgan fingerprint density at radius 1 is 1.43 bits per heavy atom. The van der Waals surface area contributed by atoms with Crippen molar-refractivity contribution in [2.24, 2.45) is 5.41 Å². The van der Waals surface area contributed by atoms with Crippen LogP contribution in [-0.2, 0) is 6.42 Å². The lowest BCUT2D eigenvalue weighted by Gasteiger charge is -2.26. The first-order valence-electron chi connectivity index (χ1n) is 6.62. The Hall–Kier alpha value is -2.02. The number of hydrogen-bond acceptors (Lipinski definition) is 6. The fourth-order valence-electron chi connectivity index (χ4n) is 2.40. The third-order valence-corrected chi connectivity index (χ3v) is 4.36. The second kappa shape index (κ2) is 4.77. The standard InChI is InChI=1S/C14H15N3O3S/c1-7-4-10(20-17-7)12(19)16-13-15-8-5-14(2,3)6-9(18)11(8)21-13/h4H,5-6H2,1-3H3,(H,15,16,19). The van der Waals surface area contributed by atoms with Crippen LogP contribution >= 0.6 is 11.3 Å². The van der Waals surface area contributed by atoms with E-state index < -0.39 is 5.91 Å². The first-order valence-corrected chi connectivity index (χ1v) is 7.43. The monoisotopic (exact) mass is 305 g/mol. The predicted octanol–water partition coefficient (Wildman–Crippen LogP) is 2.85. The first kappa shape index (κ1) is 13.9. The average molecular weight is 305 g/mol. The number of Topliss-reactive ketones (excluding diaryl/α,β-unsaturated/α-hetero) is 1. The molecule has 0 radical (unpaired) electrons. The van der Waals surface area contributed by atoms with Crippen LogP contribution in [0.3, 0.4) is 0 Å². The SMILES string of the molecule is Cc1cc(C(=O)Nc2nc3c(s2)C(=O)CC(C)(C)C3)on1. The maximum absolute atomic E-state index is 12.1. The number of thiazole rings is 1.